The highest BCUT2D eigenvalue weighted by atomic mass is 19.1. The van der Waals surface area contributed by atoms with Gasteiger partial charge in [-0.1, -0.05) is 6.58 Å². The maximum atomic E-state index is 15.6. The summed E-state index contributed by atoms with van der Waals surface area (Å²) in [7, 11) is 1.59. The van der Waals surface area contributed by atoms with Crippen molar-refractivity contribution in [2.45, 2.75) is 25.7 Å². The number of carbonyl (C=O) groups excluding carboxylic acids is 1. The lowest BCUT2D eigenvalue weighted by molar-refractivity contribution is -0.127. The first-order valence-electron chi connectivity index (χ1n) is 13.1. The van der Waals surface area contributed by atoms with E-state index in [0.717, 1.165) is 18.5 Å². The summed E-state index contributed by atoms with van der Waals surface area (Å²) in [6.07, 6.45) is 7.36. The Bertz CT molecular complexity index is 1780. The van der Waals surface area contributed by atoms with Gasteiger partial charge in [0.25, 0.3) is 0 Å². The first kappa shape index (κ1) is 26.1. The van der Waals surface area contributed by atoms with E-state index in [-0.39, 0.29) is 17.5 Å². The lowest BCUT2D eigenvalue weighted by Gasteiger charge is -2.31. The minimum Gasteiger partial charge on any atom is -0.495 e. The molecule has 41 heavy (non-hydrogen) atoms. The maximum Gasteiger partial charge on any atom is 0.245 e. The van der Waals surface area contributed by atoms with Crippen molar-refractivity contribution in [1.82, 2.24) is 34.4 Å². The Balaban J connectivity index is 1.28. The monoisotopic (exact) mass is 554 g/mol. The van der Waals surface area contributed by atoms with Crippen molar-refractivity contribution in [1.29, 1.82) is 0 Å². The lowest BCUT2D eigenvalue weighted by atomic mass is 9.92. The number of fused-ring (bicyclic) bond motifs is 2. The van der Waals surface area contributed by atoms with Crippen molar-refractivity contribution in [2.24, 2.45) is 0 Å². The number of ether oxygens (including phenoxy) is 2. The van der Waals surface area contributed by atoms with Crippen LogP contribution in [0.1, 0.15) is 30.0 Å². The van der Waals surface area contributed by atoms with Crippen LogP contribution in [0.4, 0.5) is 15.9 Å². The number of nitrogens with one attached hydrogen (secondary N) is 1. The molecular formula is C29H27FN8O3. The first-order valence-corrected chi connectivity index (χ1v) is 13.1. The Morgan fingerprint density at radius 3 is 2.73 bits per heavy atom. The second-order valence-corrected chi connectivity index (χ2v) is 9.67. The zero-order valence-corrected chi connectivity index (χ0v) is 22.5. The molecular weight excluding hydrogens is 527 g/mol. The van der Waals surface area contributed by atoms with Gasteiger partial charge in [-0.15, -0.1) is 0 Å². The highest BCUT2D eigenvalue weighted by Gasteiger charge is 2.27. The number of rotatable bonds is 7. The molecule has 0 atom stereocenters. The average molecular weight is 555 g/mol. The first-order chi connectivity index (χ1) is 19.9. The van der Waals surface area contributed by atoms with Gasteiger partial charge in [0.15, 0.2) is 17.3 Å². The molecule has 1 N–H and O–H groups in total. The Hall–Kier alpha value is -5.13. The Labute approximate surface area is 234 Å². The zero-order valence-electron chi connectivity index (χ0n) is 22.5. The van der Waals surface area contributed by atoms with E-state index < -0.39 is 5.82 Å². The molecule has 5 aromatic rings. The Morgan fingerprint density at radius 2 is 1.95 bits per heavy atom. The summed E-state index contributed by atoms with van der Waals surface area (Å²) in [4.78, 5) is 31.6. The molecule has 4 aromatic heterocycles. The fourth-order valence-corrected chi connectivity index (χ4v) is 5.02. The molecule has 0 unspecified atom stereocenters. The summed E-state index contributed by atoms with van der Waals surface area (Å²) in [5.74, 6) is 1.38. The summed E-state index contributed by atoms with van der Waals surface area (Å²) >= 11 is 0. The van der Waals surface area contributed by atoms with E-state index in [1.807, 2.05) is 6.07 Å². The summed E-state index contributed by atoms with van der Waals surface area (Å²) in [5, 5.41) is 7.16. The fraction of sp³-hybridized carbons (Fsp3) is 0.241. The molecule has 0 spiro atoms. The summed E-state index contributed by atoms with van der Waals surface area (Å²) in [5.41, 5.74) is 2.97. The molecule has 1 saturated heterocycles. The van der Waals surface area contributed by atoms with Gasteiger partial charge in [0.2, 0.25) is 5.91 Å². The predicted octanol–water partition coefficient (Wildman–Crippen LogP) is 4.95. The number of nitrogens with zero attached hydrogens (tertiary/aromatic N) is 7. The normalized spacial score (nSPS) is 13.9. The van der Waals surface area contributed by atoms with Crippen LogP contribution < -0.4 is 14.8 Å². The fourth-order valence-electron chi connectivity index (χ4n) is 5.02. The minimum atomic E-state index is -0.481. The summed E-state index contributed by atoms with van der Waals surface area (Å²) in [6.45, 7) is 6.42. The number of hydrogen-bond acceptors (Lipinski definition) is 9. The molecule has 1 amide bonds. The molecule has 12 heteroatoms. The third kappa shape index (κ3) is 4.99. The van der Waals surface area contributed by atoms with Crippen molar-refractivity contribution < 1.29 is 18.7 Å². The van der Waals surface area contributed by atoms with Crippen LogP contribution in [0.3, 0.4) is 0 Å². The highest BCUT2D eigenvalue weighted by molar-refractivity contribution is 5.88. The van der Waals surface area contributed by atoms with Gasteiger partial charge >= 0.3 is 0 Å². The van der Waals surface area contributed by atoms with Crippen LogP contribution in [-0.4, -0.2) is 60.6 Å². The number of piperidine rings is 1. The van der Waals surface area contributed by atoms with Gasteiger partial charge in [-0.05, 0) is 44.0 Å². The zero-order chi connectivity index (χ0) is 28.5. The van der Waals surface area contributed by atoms with Gasteiger partial charge in [0.1, 0.15) is 35.4 Å². The molecule has 0 radical (unpaired) electrons. The number of aromatic nitrogens is 6. The number of likely N-dealkylation sites (tertiary alicyclic amines) is 1. The number of pyridine rings is 2. The van der Waals surface area contributed by atoms with Crippen molar-refractivity contribution in [3.8, 4) is 17.2 Å². The van der Waals surface area contributed by atoms with E-state index in [2.05, 4.69) is 31.9 Å². The quantitative estimate of drug-likeness (QED) is 0.279. The van der Waals surface area contributed by atoms with Crippen LogP contribution in [0.5, 0.6) is 17.2 Å². The van der Waals surface area contributed by atoms with Gasteiger partial charge in [0, 0.05) is 42.9 Å². The van der Waals surface area contributed by atoms with Gasteiger partial charge in [0.05, 0.1) is 24.0 Å². The Kier molecular flexibility index (Phi) is 6.88. The second kappa shape index (κ2) is 10.8. The largest absolute Gasteiger partial charge is 0.495 e. The number of benzene rings is 1. The van der Waals surface area contributed by atoms with Gasteiger partial charge in [-0.2, -0.15) is 5.10 Å². The average Bonchev–Trinajstić information content (AvgIpc) is 3.48. The van der Waals surface area contributed by atoms with E-state index in [0.29, 0.717) is 58.4 Å². The van der Waals surface area contributed by atoms with Crippen molar-refractivity contribution in [3.05, 3.63) is 78.9 Å². The summed E-state index contributed by atoms with van der Waals surface area (Å²) < 4.78 is 28.8. The number of halogens is 1. The molecule has 5 heterocycles. The molecule has 1 aromatic carbocycles. The third-order valence-electron chi connectivity index (χ3n) is 7.26. The van der Waals surface area contributed by atoms with E-state index in [4.69, 9.17) is 14.5 Å². The van der Waals surface area contributed by atoms with E-state index in [9.17, 15) is 4.79 Å². The smallest absolute Gasteiger partial charge is 0.245 e. The van der Waals surface area contributed by atoms with Crippen molar-refractivity contribution in [2.75, 3.05) is 25.5 Å². The third-order valence-corrected chi connectivity index (χ3v) is 7.26. The molecule has 0 aliphatic carbocycles. The molecule has 6 rings (SSSR count). The van der Waals surface area contributed by atoms with E-state index in [1.165, 1.54) is 18.7 Å². The van der Waals surface area contributed by atoms with Gasteiger partial charge < -0.3 is 19.7 Å². The number of anilines is 2. The van der Waals surface area contributed by atoms with Gasteiger partial charge in [-0.25, -0.2) is 28.8 Å². The lowest BCUT2D eigenvalue weighted by Crippen LogP contribution is -2.37. The number of hydrogen-bond donors (Lipinski definition) is 1. The molecule has 0 saturated carbocycles. The van der Waals surface area contributed by atoms with Crippen LogP contribution in [0, 0.1) is 12.7 Å². The Morgan fingerprint density at radius 1 is 1.12 bits per heavy atom. The minimum absolute atomic E-state index is 0.0728. The molecule has 0 bridgehead atoms. The van der Waals surface area contributed by atoms with E-state index in [1.54, 1.807) is 53.9 Å². The van der Waals surface area contributed by atoms with Crippen LogP contribution in [0.15, 0.2) is 61.8 Å². The molecule has 1 aliphatic rings. The SMILES string of the molecule is C=CC(=O)N1CCC(c2nc3c(Nc4ccc(Oc5ccn6ncnc6c5)c(C)c4F)ncnc3cc2OC)CC1. The number of amides is 1. The van der Waals surface area contributed by atoms with E-state index >= 15 is 4.39 Å². The molecule has 208 valence electrons. The van der Waals surface area contributed by atoms with Gasteiger partial charge in [-0.3, -0.25) is 4.79 Å². The molecule has 1 fully saturated rings. The molecule has 11 nitrogen and oxygen atoms in total. The van der Waals surface area contributed by atoms with Crippen LogP contribution in [0.25, 0.3) is 16.7 Å². The topological polar surface area (TPSA) is 120 Å². The number of methoxy groups -OCH3 is 1. The maximum absolute atomic E-state index is 15.6. The highest BCUT2D eigenvalue weighted by Crippen LogP contribution is 2.37. The number of carbonyl (C=O) groups is 1. The standard InChI is InChI=1S/C29H27FN8O3/c1-4-25(39)37-10-7-18(8-11-37)27-23(40-3)14-21-28(36-27)29(33-15-31-21)35-20-5-6-22(17(2)26(20)30)41-19-9-12-38-24(13-19)32-16-34-38/h4-6,9,12-16,18H,1,7-8,10-11H2,2-3H3,(H,31,33,35). The predicted molar refractivity (Wildman–Crippen MR) is 150 cm³/mol. The van der Waals surface area contributed by atoms with Crippen LogP contribution in [-0.2, 0) is 4.79 Å². The summed E-state index contributed by atoms with van der Waals surface area (Å²) in [6, 6.07) is 8.56. The van der Waals surface area contributed by atoms with Crippen LogP contribution in [0.2, 0.25) is 0 Å². The van der Waals surface area contributed by atoms with Crippen LogP contribution >= 0.6 is 0 Å². The molecule has 1 aliphatic heterocycles. The second-order valence-electron chi connectivity index (χ2n) is 9.67. The van der Waals surface area contributed by atoms with Crippen molar-refractivity contribution >= 4 is 34.1 Å². The van der Waals surface area contributed by atoms with Crippen molar-refractivity contribution in [3.63, 3.8) is 0 Å².